The van der Waals surface area contributed by atoms with Crippen molar-refractivity contribution in [3.63, 3.8) is 0 Å². The van der Waals surface area contributed by atoms with Crippen LogP contribution < -0.4 is 0 Å². The molecule has 0 radical (unpaired) electrons. The first kappa shape index (κ1) is 30.9. The van der Waals surface area contributed by atoms with Crippen LogP contribution in [0.5, 0.6) is 0 Å². The summed E-state index contributed by atoms with van der Waals surface area (Å²) >= 11 is 0. The molecule has 9 atom stereocenters. The molecule has 2 saturated heterocycles. The standard InChI is InChI=1S/C36H60N2O4/c1-5-13-33(40)42-36(38-22-11-6-7-12-23-38)19-17-30-28-15-14-27-24-32(41-26(2)39)31(37-20-9-8-10-21-37)25-34(27,3)29(28)16-18-35(30,36)4/h27-32H,5-25H2,1-4H3/t27?,28-,29-,30+,31?,32?,34+,35+,36?/m1/s1. The van der Waals surface area contributed by atoms with Gasteiger partial charge in [0.05, 0.1) is 0 Å². The van der Waals surface area contributed by atoms with Gasteiger partial charge in [-0.25, -0.2) is 0 Å². The van der Waals surface area contributed by atoms with Gasteiger partial charge in [-0.15, -0.1) is 0 Å². The maximum atomic E-state index is 13.3. The predicted molar refractivity (Wildman–Crippen MR) is 166 cm³/mol. The molecule has 6 rings (SSSR count). The van der Waals surface area contributed by atoms with Crippen LogP contribution in [0.4, 0.5) is 0 Å². The topological polar surface area (TPSA) is 59.1 Å². The highest BCUT2D eigenvalue weighted by molar-refractivity contribution is 5.70. The van der Waals surface area contributed by atoms with E-state index in [4.69, 9.17) is 9.47 Å². The Morgan fingerprint density at radius 1 is 0.833 bits per heavy atom. The van der Waals surface area contributed by atoms with Gasteiger partial charge in [0.15, 0.2) is 5.72 Å². The van der Waals surface area contributed by atoms with Gasteiger partial charge in [-0.2, -0.15) is 0 Å². The molecule has 0 spiro atoms. The van der Waals surface area contributed by atoms with E-state index < -0.39 is 5.72 Å². The number of hydrogen-bond donors (Lipinski definition) is 0. The number of nitrogens with zero attached hydrogens (tertiary/aromatic N) is 2. The van der Waals surface area contributed by atoms with E-state index in [0.29, 0.717) is 36.1 Å². The van der Waals surface area contributed by atoms with E-state index in [1.54, 1.807) is 6.92 Å². The quantitative estimate of drug-likeness (QED) is 0.305. The zero-order valence-electron chi connectivity index (χ0n) is 27.3. The van der Waals surface area contributed by atoms with Gasteiger partial charge in [-0.05, 0) is 119 Å². The number of piperidine rings is 1. The van der Waals surface area contributed by atoms with Crippen molar-refractivity contribution < 1.29 is 19.1 Å². The van der Waals surface area contributed by atoms with Crippen LogP contribution in [0, 0.1) is 34.5 Å². The normalized spacial score (nSPS) is 44.8. The second kappa shape index (κ2) is 12.3. The number of carbonyl (C=O) groups excluding carboxylic acids is 2. The van der Waals surface area contributed by atoms with Gasteiger partial charge in [0.25, 0.3) is 0 Å². The van der Waals surface area contributed by atoms with Gasteiger partial charge in [0.1, 0.15) is 6.10 Å². The van der Waals surface area contributed by atoms with Crippen molar-refractivity contribution in [3.8, 4) is 0 Å². The third-order valence-electron chi connectivity index (χ3n) is 13.8. The highest BCUT2D eigenvalue weighted by atomic mass is 16.6. The van der Waals surface area contributed by atoms with Crippen LogP contribution in [0.3, 0.4) is 0 Å². The summed E-state index contributed by atoms with van der Waals surface area (Å²) in [6.07, 6.45) is 19.7. The third-order valence-corrected chi connectivity index (χ3v) is 13.8. The van der Waals surface area contributed by atoms with Crippen molar-refractivity contribution in [1.82, 2.24) is 9.80 Å². The predicted octanol–water partition coefficient (Wildman–Crippen LogP) is 7.34. The molecular weight excluding hydrogens is 524 g/mol. The highest BCUT2D eigenvalue weighted by Crippen LogP contribution is 2.69. The van der Waals surface area contributed by atoms with Crippen LogP contribution in [0.2, 0.25) is 0 Å². The fraction of sp³-hybridized carbons (Fsp3) is 0.944. The molecule has 6 fully saturated rings. The Kier molecular flexibility index (Phi) is 9.06. The molecule has 0 N–H and O–H groups in total. The fourth-order valence-electron chi connectivity index (χ4n) is 11.8. The first-order chi connectivity index (χ1) is 20.2. The van der Waals surface area contributed by atoms with Crippen LogP contribution >= 0.6 is 0 Å². The number of carbonyl (C=O) groups is 2. The molecule has 0 amide bonds. The molecule has 4 unspecified atom stereocenters. The fourth-order valence-corrected chi connectivity index (χ4v) is 11.8. The van der Waals surface area contributed by atoms with Crippen molar-refractivity contribution in [3.05, 3.63) is 0 Å². The van der Waals surface area contributed by atoms with Gasteiger partial charge in [-0.1, -0.05) is 40.0 Å². The Morgan fingerprint density at radius 2 is 1.50 bits per heavy atom. The molecule has 238 valence electrons. The number of fused-ring (bicyclic) bond motifs is 5. The van der Waals surface area contributed by atoms with Crippen LogP contribution in [0.1, 0.15) is 137 Å². The lowest BCUT2D eigenvalue weighted by Crippen LogP contribution is -2.65. The molecule has 2 aliphatic heterocycles. The summed E-state index contributed by atoms with van der Waals surface area (Å²) in [6, 6.07) is 0.359. The summed E-state index contributed by atoms with van der Waals surface area (Å²) in [4.78, 5) is 30.9. The van der Waals surface area contributed by atoms with E-state index in [1.165, 1.54) is 83.5 Å². The van der Waals surface area contributed by atoms with E-state index in [-0.39, 0.29) is 28.9 Å². The average molecular weight is 585 g/mol. The lowest BCUT2D eigenvalue weighted by atomic mass is 9.44. The first-order valence-electron chi connectivity index (χ1n) is 18.1. The largest absolute Gasteiger partial charge is 0.461 e. The Labute approximate surface area is 256 Å². The Morgan fingerprint density at radius 3 is 2.19 bits per heavy atom. The van der Waals surface area contributed by atoms with Gasteiger partial charge in [0.2, 0.25) is 0 Å². The van der Waals surface area contributed by atoms with Crippen molar-refractivity contribution in [2.75, 3.05) is 26.2 Å². The first-order valence-corrected chi connectivity index (χ1v) is 18.1. The molecule has 0 aromatic rings. The molecule has 42 heavy (non-hydrogen) atoms. The summed E-state index contributed by atoms with van der Waals surface area (Å²) < 4.78 is 12.9. The molecule has 4 saturated carbocycles. The number of hydrogen-bond acceptors (Lipinski definition) is 6. The Hall–Kier alpha value is -1.14. The van der Waals surface area contributed by atoms with E-state index in [9.17, 15) is 9.59 Å². The molecule has 0 bridgehead atoms. The molecule has 0 aromatic carbocycles. The van der Waals surface area contributed by atoms with E-state index in [1.807, 2.05) is 0 Å². The zero-order chi connectivity index (χ0) is 29.5. The summed E-state index contributed by atoms with van der Waals surface area (Å²) in [5.41, 5.74) is -0.123. The van der Waals surface area contributed by atoms with Crippen LogP contribution in [0.25, 0.3) is 0 Å². The van der Waals surface area contributed by atoms with Crippen molar-refractivity contribution in [2.45, 2.75) is 155 Å². The molecular formula is C36H60N2O4. The van der Waals surface area contributed by atoms with Crippen molar-refractivity contribution in [2.24, 2.45) is 34.5 Å². The van der Waals surface area contributed by atoms with Crippen LogP contribution in [-0.2, 0) is 19.1 Å². The van der Waals surface area contributed by atoms with E-state index in [0.717, 1.165) is 45.4 Å². The van der Waals surface area contributed by atoms with Gasteiger partial charge >= 0.3 is 11.9 Å². The second-order valence-corrected chi connectivity index (χ2v) is 15.8. The SMILES string of the molecule is CCCC(=O)OC1(N2CCCCCC2)CC[C@H]2[C@@H]3CCC4CC(OC(C)=O)C(N5CCCCC5)C[C@]4(C)[C@@H]3CC[C@@]21C. The van der Waals surface area contributed by atoms with E-state index >= 15 is 0 Å². The minimum Gasteiger partial charge on any atom is -0.461 e. The van der Waals surface area contributed by atoms with Gasteiger partial charge < -0.3 is 9.47 Å². The van der Waals surface area contributed by atoms with Gasteiger partial charge in [-0.3, -0.25) is 19.4 Å². The maximum Gasteiger partial charge on any atom is 0.307 e. The molecule has 0 aromatic heterocycles. The highest BCUT2D eigenvalue weighted by Gasteiger charge is 2.68. The number of likely N-dealkylation sites (tertiary alicyclic amines) is 2. The molecule has 6 nitrogen and oxygen atoms in total. The third kappa shape index (κ3) is 5.26. The lowest BCUT2D eigenvalue weighted by molar-refractivity contribution is -0.238. The lowest BCUT2D eigenvalue weighted by Gasteiger charge is -2.64. The smallest absolute Gasteiger partial charge is 0.307 e. The minimum absolute atomic E-state index is 0.0202. The monoisotopic (exact) mass is 584 g/mol. The van der Waals surface area contributed by atoms with Crippen molar-refractivity contribution >= 4 is 11.9 Å². The summed E-state index contributed by atoms with van der Waals surface area (Å²) in [7, 11) is 0. The summed E-state index contributed by atoms with van der Waals surface area (Å²) in [6.45, 7) is 13.3. The number of rotatable bonds is 6. The molecule has 6 heteroatoms. The Bertz CT molecular complexity index is 973. The summed E-state index contributed by atoms with van der Waals surface area (Å²) in [5, 5.41) is 0. The second-order valence-electron chi connectivity index (χ2n) is 15.8. The number of ether oxygens (including phenoxy) is 2. The molecule has 2 heterocycles. The number of esters is 2. The average Bonchev–Trinajstić information content (AvgIpc) is 3.10. The molecule has 6 aliphatic rings. The van der Waals surface area contributed by atoms with Crippen LogP contribution in [0.15, 0.2) is 0 Å². The van der Waals surface area contributed by atoms with Crippen LogP contribution in [-0.4, -0.2) is 65.8 Å². The minimum atomic E-state index is -0.430. The van der Waals surface area contributed by atoms with E-state index in [2.05, 4.69) is 30.6 Å². The van der Waals surface area contributed by atoms with Crippen molar-refractivity contribution in [1.29, 1.82) is 0 Å². The summed E-state index contributed by atoms with van der Waals surface area (Å²) in [5.74, 6) is 2.58. The maximum absolute atomic E-state index is 13.3. The Balaban J connectivity index is 1.28. The molecule has 4 aliphatic carbocycles. The van der Waals surface area contributed by atoms with Gasteiger partial charge in [0, 0.05) is 44.3 Å². The zero-order valence-corrected chi connectivity index (χ0v) is 27.3.